The van der Waals surface area contributed by atoms with Crippen molar-refractivity contribution >= 4 is 11.6 Å². The molecule has 0 bridgehead atoms. The minimum atomic E-state index is -0.595. The number of hydrogen-bond donors (Lipinski definition) is 2. The molecule has 1 aromatic rings. The lowest BCUT2D eigenvalue weighted by atomic mass is 9.68. The molecular formula is C15H21NO3. The average Bonchev–Trinajstić information content (AvgIpc) is 2.31. The molecule has 1 aromatic carbocycles. The molecule has 19 heavy (non-hydrogen) atoms. The number of carbonyl (C=O) groups is 1. The van der Waals surface area contributed by atoms with Crippen molar-refractivity contribution in [2.45, 2.75) is 33.1 Å². The fourth-order valence-corrected chi connectivity index (χ4v) is 2.56. The van der Waals surface area contributed by atoms with Crippen LogP contribution < -0.4 is 10.1 Å². The highest BCUT2D eigenvalue weighted by Gasteiger charge is 2.43. The zero-order valence-corrected chi connectivity index (χ0v) is 11.7. The second-order valence-corrected chi connectivity index (χ2v) is 5.41. The third-order valence-corrected chi connectivity index (χ3v) is 4.00. The number of carbonyl (C=O) groups excluding carboxylic acids is 1. The number of anilines is 1. The second-order valence-electron chi connectivity index (χ2n) is 5.41. The van der Waals surface area contributed by atoms with Crippen LogP contribution in [0.4, 0.5) is 5.69 Å². The van der Waals surface area contributed by atoms with Gasteiger partial charge in [-0.25, -0.2) is 0 Å². The van der Waals surface area contributed by atoms with E-state index in [0.717, 1.165) is 30.4 Å². The SMILES string of the molecule is COc1cc(C)cc(C)c1NC(=O)C1(CO)CCC1. The summed E-state index contributed by atoms with van der Waals surface area (Å²) in [7, 11) is 1.59. The zero-order chi connectivity index (χ0) is 14.0. The summed E-state index contributed by atoms with van der Waals surface area (Å²) in [5.74, 6) is 0.560. The predicted molar refractivity (Wildman–Crippen MR) is 74.5 cm³/mol. The molecule has 1 aliphatic carbocycles. The highest BCUT2D eigenvalue weighted by atomic mass is 16.5. The summed E-state index contributed by atoms with van der Waals surface area (Å²) in [5.41, 5.74) is 2.17. The van der Waals surface area contributed by atoms with Crippen LogP contribution in [0.1, 0.15) is 30.4 Å². The van der Waals surface area contributed by atoms with Crippen LogP contribution in [0.15, 0.2) is 12.1 Å². The molecular weight excluding hydrogens is 242 g/mol. The summed E-state index contributed by atoms with van der Waals surface area (Å²) in [6.45, 7) is 3.84. The van der Waals surface area contributed by atoms with Crippen molar-refractivity contribution in [3.05, 3.63) is 23.3 Å². The van der Waals surface area contributed by atoms with Crippen molar-refractivity contribution in [3.8, 4) is 5.75 Å². The summed E-state index contributed by atoms with van der Waals surface area (Å²) in [6.07, 6.45) is 2.50. The third kappa shape index (κ3) is 2.45. The van der Waals surface area contributed by atoms with E-state index in [4.69, 9.17) is 4.74 Å². The van der Waals surface area contributed by atoms with Crippen LogP contribution in [0.2, 0.25) is 0 Å². The van der Waals surface area contributed by atoms with Gasteiger partial charge in [-0.3, -0.25) is 4.79 Å². The van der Waals surface area contributed by atoms with E-state index in [-0.39, 0.29) is 12.5 Å². The molecule has 4 heteroatoms. The minimum Gasteiger partial charge on any atom is -0.495 e. The number of amides is 1. The Bertz CT molecular complexity index is 487. The molecule has 0 aromatic heterocycles. The van der Waals surface area contributed by atoms with Crippen LogP contribution in [0, 0.1) is 19.3 Å². The van der Waals surface area contributed by atoms with Gasteiger partial charge in [0.2, 0.25) is 5.91 Å². The Morgan fingerprint density at radius 3 is 2.58 bits per heavy atom. The minimum absolute atomic E-state index is 0.0912. The molecule has 2 N–H and O–H groups in total. The summed E-state index contributed by atoms with van der Waals surface area (Å²) in [6, 6.07) is 3.90. The van der Waals surface area contributed by atoms with Gasteiger partial charge >= 0.3 is 0 Å². The quantitative estimate of drug-likeness (QED) is 0.877. The van der Waals surface area contributed by atoms with Gasteiger partial charge in [0.05, 0.1) is 24.8 Å². The van der Waals surface area contributed by atoms with Crippen molar-refractivity contribution in [3.63, 3.8) is 0 Å². The monoisotopic (exact) mass is 263 g/mol. The molecule has 0 aliphatic heterocycles. The Labute approximate surface area is 113 Å². The third-order valence-electron chi connectivity index (χ3n) is 4.00. The Morgan fingerprint density at radius 1 is 1.42 bits per heavy atom. The van der Waals surface area contributed by atoms with Gasteiger partial charge in [-0.2, -0.15) is 0 Å². The summed E-state index contributed by atoms with van der Waals surface area (Å²) in [5, 5.41) is 12.4. The fourth-order valence-electron chi connectivity index (χ4n) is 2.56. The van der Waals surface area contributed by atoms with Crippen molar-refractivity contribution in [1.29, 1.82) is 0 Å². The molecule has 2 rings (SSSR count). The normalized spacial score (nSPS) is 16.6. The van der Waals surface area contributed by atoms with Gasteiger partial charge in [-0.15, -0.1) is 0 Å². The molecule has 1 saturated carbocycles. The van der Waals surface area contributed by atoms with Crippen LogP contribution in [0.3, 0.4) is 0 Å². The zero-order valence-electron chi connectivity index (χ0n) is 11.7. The maximum atomic E-state index is 12.3. The lowest BCUT2D eigenvalue weighted by molar-refractivity contribution is -0.133. The van der Waals surface area contributed by atoms with Crippen LogP contribution >= 0.6 is 0 Å². The predicted octanol–water partition coefficient (Wildman–Crippen LogP) is 2.41. The summed E-state index contributed by atoms with van der Waals surface area (Å²) < 4.78 is 5.33. The number of aryl methyl sites for hydroxylation is 2. The van der Waals surface area contributed by atoms with Gasteiger partial charge in [0.25, 0.3) is 0 Å². The molecule has 0 radical (unpaired) electrons. The summed E-state index contributed by atoms with van der Waals surface area (Å²) >= 11 is 0. The van der Waals surface area contributed by atoms with Gasteiger partial charge in [0.15, 0.2) is 0 Å². The van der Waals surface area contributed by atoms with Crippen molar-refractivity contribution < 1.29 is 14.6 Å². The molecule has 1 aliphatic rings. The van der Waals surface area contributed by atoms with Gasteiger partial charge in [0.1, 0.15) is 5.75 Å². The van der Waals surface area contributed by atoms with Crippen molar-refractivity contribution in [2.75, 3.05) is 19.0 Å². The van der Waals surface area contributed by atoms with E-state index >= 15 is 0 Å². The smallest absolute Gasteiger partial charge is 0.233 e. The molecule has 104 valence electrons. The van der Waals surface area contributed by atoms with Gasteiger partial charge in [0, 0.05) is 0 Å². The van der Waals surface area contributed by atoms with E-state index < -0.39 is 5.41 Å². The Balaban J connectivity index is 2.26. The first-order valence-corrected chi connectivity index (χ1v) is 6.60. The van der Waals surface area contributed by atoms with Crippen LogP contribution in [-0.4, -0.2) is 24.7 Å². The fraction of sp³-hybridized carbons (Fsp3) is 0.533. The van der Waals surface area contributed by atoms with E-state index in [1.54, 1.807) is 7.11 Å². The van der Waals surface area contributed by atoms with Gasteiger partial charge < -0.3 is 15.2 Å². The molecule has 1 fully saturated rings. The number of aliphatic hydroxyl groups is 1. The van der Waals surface area contributed by atoms with Gasteiger partial charge in [-0.1, -0.05) is 12.5 Å². The van der Waals surface area contributed by atoms with E-state index in [0.29, 0.717) is 11.4 Å². The number of aliphatic hydroxyl groups excluding tert-OH is 1. The topological polar surface area (TPSA) is 58.6 Å². The molecule has 4 nitrogen and oxygen atoms in total. The van der Waals surface area contributed by atoms with E-state index in [1.165, 1.54) is 0 Å². The Hall–Kier alpha value is -1.55. The second kappa shape index (κ2) is 5.21. The largest absolute Gasteiger partial charge is 0.495 e. The molecule has 0 heterocycles. The number of benzene rings is 1. The Kier molecular flexibility index (Phi) is 3.80. The first kappa shape index (κ1) is 13.9. The lowest BCUT2D eigenvalue weighted by Gasteiger charge is -2.38. The average molecular weight is 263 g/mol. The number of rotatable bonds is 4. The van der Waals surface area contributed by atoms with Crippen molar-refractivity contribution in [1.82, 2.24) is 0 Å². The van der Waals surface area contributed by atoms with Crippen LogP contribution in [-0.2, 0) is 4.79 Å². The number of nitrogens with one attached hydrogen (secondary N) is 1. The number of methoxy groups -OCH3 is 1. The van der Waals surface area contributed by atoms with Gasteiger partial charge in [-0.05, 0) is 43.9 Å². The molecule has 0 saturated heterocycles. The van der Waals surface area contributed by atoms with Crippen LogP contribution in [0.5, 0.6) is 5.75 Å². The molecule has 0 spiro atoms. The first-order valence-electron chi connectivity index (χ1n) is 6.60. The highest BCUT2D eigenvalue weighted by Crippen LogP contribution is 2.42. The molecule has 0 unspecified atom stereocenters. The molecule has 1 amide bonds. The van der Waals surface area contributed by atoms with E-state index in [1.807, 2.05) is 26.0 Å². The van der Waals surface area contributed by atoms with Crippen LogP contribution in [0.25, 0.3) is 0 Å². The number of ether oxygens (including phenoxy) is 1. The van der Waals surface area contributed by atoms with E-state index in [9.17, 15) is 9.90 Å². The Morgan fingerprint density at radius 2 is 2.11 bits per heavy atom. The maximum Gasteiger partial charge on any atom is 0.233 e. The highest BCUT2D eigenvalue weighted by molar-refractivity contribution is 5.98. The number of hydrogen-bond acceptors (Lipinski definition) is 3. The standard InChI is InChI=1S/C15H21NO3/c1-10-7-11(2)13(12(8-10)19-3)16-14(18)15(9-17)5-4-6-15/h7-8,17H,4-6,9H2,1-3H3,(H,16,18). The van der Waals surface area contributed by atoms with Crippen molar-refractivity contribution in [2.24, 2.45) is 5.41 Å². The maximum absolute atomic E-state index is 12.3. The summed E-state index contributed by atoms with van der Waals surface area (Å²) in [4.78, 5) is 12.3. The first-order chi connectivity index (χ1) is 9.02. The lowest BCUT2D eigenvalue weighted by Crippen LogP contribution is -2.45. The van der Waals surface area contributed by atoms with E-state index in [2.05, 4.69) is 5.32 Å². The molecule has 0 atom stereocenters.